The first kappa shape index (κ1) is 14.8. The zero-order valence-electron chi connectivity index (χ0n) is 12.0. The van der Waals surface area contributed by atoms with E-state index in [4.69, 9.17) is 5.73 Å². The van der Waals surface area contributed by atoms with E-state index in [1.54, 1.807) is 0 Å². The first-order chi connectivity index (χ1) is 10.2. The highest BCUT2D eigenvalue weighted by molar-refractivity contribution is 5.93. The van der Waals surface area contributed by atoms with Gasteiger partial charge in [0, 0.05) is 11.3 Å². The van der Waals surface area contributed by atoms with E-state index in [1.165, 1.54) is 0 Å². The number of benzene rings is 2. The predicted molar refractivity (Wildman–Crippen MR) is 85.9 cm³/mol. The molecule has 0 aliphatic carbocycles. The Morgan fingerprint density at radius 2 is 1.95 bits per heavy atom. The lowest BCUT2D eigenvalue weighted by molar-refractivity contribution is -0.115. The van der Waals surface area contributed by atoms with Crippen LogP contribution in [0.15, 0.2) is 48.5 Å². The van der Waals surface area contributed by atoms with Gasteiger partial charge < -0.3 is 11.1 Å². The Bertz CT molecular complexity index is 681. The fraction of sp³-hybridized carbons (Fsp3) is 0.167. The number of carbonyl (C=O) groups is 1. The van der Waals surface area contributed by atoms with Crippen molar-refractivity contribution >= 4 is 11.6 Å². The largest absolute Gasteiger partial charge is 0.326 e. The monoisotopic (exact) mass is 278 g/mol. The van der Waals surface area contributed by atoms with Gasteiger partial charge in [0.15, 0.2) is 0 Å². The third-order valence-electron chi connectivity index (χ3n) is 3.05. The zero-order chi connectivity index (χ0) is 15.1. The van der Waals surface area contributed by atoms with E-state index >= 15 is 0 Å². The van der Waals surface area contributed by atoms with Crippen molar-refractivity contribution in [3.8, 4) is 11.8 Å². The smallest absolute Gasteiger partial charge is 0.228 e. The molecule has 0 spiro atoms. The molecule has 0 saturated heterocycles. The molecule has 0 fully saturated rings. The van der Waals surface area contributed by atoms with Gasteiger partial charge in [-0.1, -0.05) is 48.2 Å². The van der Waals surface area contributed by atoms with E-state index in [-0.39, 0.29) is 5.91 Å². The summed E-state index contributed by atoms with van der Waals surface area (Å²) in [7, 11) is 0. The Hall–Kier alpha value is -2.57. The molecule has 0 radical (unpaired) electrons. The van der Waals surface area contributed by atoms with Gasteiger partial charge in [-0.25, -0.2) is 0 Å². The molecule has 3 nitrogen and oxygen atoms in total. The minimum Gasteiger partial charge on any atom is -0.326 e. The average molecular weight is 278 g/mol. The first-order valence-corrected chi connectivity index (χ1v) is 6.82. The van der Waals surface area contributed by atoms with Crippen LogP contribution < -0.4 is 11.1 Å². The molecular formula is C18H18N2O. The summed E-state index contributed by atoms with van der Waals surface area (Å²) >= 11 is 0. The summed E-state index contributed by atoms with van der Waals surface area (Å²) in [6.07, 6.45) is 0.360. The summed E-state index contributed by atoms with van der Waals surface area (Å²) in [6.45, 7) is 2.28. The molecule has 0 aliphatic rings. The van der Waals surface area contributed by atoms with E-state index < -0.39 is 0 Å². The second-order valence-electron chi connectivity index (χ2n) is 4.75. The fourth-order valence-electron chi connectivity index (χ4n) is 1.96. The highest BCUT2D eigenvalue weighted by atomic mass is 16.1. The molecule has 0 aliphatic heterocycles. The summed E-state index contributed by atoms with van der Waals surface area (Å²) < 4.78 is 0. The van der Waals surface area contributed by atoms with Crippen LogP contribution in [0.25, 0.3) is 0 Å². The standard InChI is InChI=1S/C18H18N2O/c1-14-9-10-16(8-5-11-19)12-17(14)20-18(21)13-15-6-3-2-4-7-15/h2-4,6-7,9-10,12H,11,13,19H2,1H3,(H,20,21). The Balaban J connectivity index is 2.09. The quantitative estimate of drug-likeness (QED) is 0.848. The highest BCUT2D eigenvalue weighted by Gasteiger charge is 2.06. The van der Waals surface area contributed by atoms with Crippen molar-refractivity contribution in [2.45, 2.75) is 13.3 Å². The Morgan fingerprint density at radius 3 is 2.67 bits per heavy atom. The first-order valence-electron chi connectivity index (χ1n) is 6.82. The Morgan fingerprint density at radius 1 is 1.19 bits per heavy atom. The molecule has 2 aromatic rings. The maximum atomic E-state index is 12.1. The maximum Gasteiger partial charge on any atom is 0.228 e. The van der Waals surface area contributed by atoms with Gasteiger partial charge in [0.05, 0.1) is 13.0 Å². The lowest BCUT2D eigenvalue weighted by Crippen LogP contribution is -2.15. The second kappa shape index (κ2) is 7.28. The van der Waals surface area contributed by atoms with Crippen LogP contribution in [0.5, 0.6) is 0 Å². The van der Waals surface area contributed by atoms with Crippen LogP contribution in [0.3, 0.4) is 0 Å². The van der Waals surface area contributed by atoms with Crippen LogP contribution >= 0.6 is 0 Å². The molecule has 0 unspecified atom stereocenters. The lowest BCUT2D eigenvalue weighted by Gasteiger charge is -2.09. The molecule has 1 amide bonds. The summed E-state index contributed by atoms with van der Waals surface area (Å²) in [5.74, 6) is 5.74. The minimum absolute atomic E-state index is 0.0340. The number of rotatable bonds is 3. The van der Waals surface area contributed by atoms with E-state index in [0.717, 1.165) is 22.4 Å². The third-order valence-corrected chi connectivity index (χ3v) is 3.05. The van der Waals surface area contributed by atoms with E-state index in [9.17, 15) is 4.79 Å². The second-order valence-corrected chi connectivity index (χ2v) is 4.75. The molecule has 0 aromatic heterocycles. The zero-order valence-corrected chi connectivity index (χ0v) is 12.0. The number of carbonyl (C=O) groups excluding carboxylic acids is 1. The number of amides is 1. The molecule has 0 heterocycles. The molecule has 0 atom stereocenters. The number of aryl methyl sites for hydroxylation is 1. The van der Waals surface area contributed by atoms with Gasteiger partial charge in [-0.3, -0.25) is 4.79 Å². The molecule has 3 N–H and O–H groups in total. The molecule has 3 heteroatoms. The van der Waals surface area contributed by atoms with E-state index in [2.05, 4.69) is 17.2 Å². The minimum atomic E-state index is -0.0340. The summed E-state index contributed by atoms with van der Waals surface area (Å²) in [5.41, 5.74) is 9.01. The van der Waals surface area contributed by atoms with Crippen molar-refractivity contribution in [1.29, 1.82) is 0 Å². The molecule has 21 heavy (non-hydrogen) atoms. The SMILES string of the molecule is Cc1ccc(C#CCN)cc1NC(=O)Cc1ccccc1. The molecular weight excluding hydrogens is 260 g/mol. The van der Waals surface area contributed by atoms with Crippen LogP contribution in [0.2, 0.25) is 0 Å². The van der Waals surface area contributed by atoms with Crippen molar-refractivity contribution in [3.63, 3.8) is 0 Å². The van der Waals surface area contributed by atoms with Crippen molar-refractivity contribution in [3.05, 3.63) is 65.2 Å². The lowest BCUT2D eigenvalue weighted by atomic mass is 10.1. The van der Waals surface area contributed by atoms with Crippen molar-refractivity contribution in [2.24, 2.45) is 5.73 Å². The van der Waals surface area contributed by atoms with Crippen LogP contribution in [0, 0.1) is 18.8 Å². The number of hydrogen-bond acceptors (Lipinski definition) is 2. The van der Waals surface area contributed by atoms with Gasteiger partial charge in [0.1, 0.15) is 0 Å². The van der Waals surface area contributed by atoms with Crippen molar-refractivity contribution in [2.75, 3.05) is 11.9 Å². The van der Waals surface area contributed by atoms with Crippen LogP contribution in [0.1, 0.15) is 16.7 Å². The van der Waals surface area contributed by atoms with Gasteiger partial charge in [0.25, 0.3) is 0 Å². The number of nitrogens with two attached hydrogens (primary N) is 1. The summed E-state index contributed by atoms with van der Waals surface area (Å²) in [4.78, 5) is 12.1. The predicted octanol–water partition coefficient (Wildman–Crippen LogP) is 2.49. The van der Waals surface area contributed by atoms with Crippen LogP contribution in [-0.2, 0) is 11.2 Å². The van der Waals surface area contributed by atoms with Gasteiger partial charge in [-0.05, 0) is 30.2 Å². The number of nitrogens with one attached hydrogen (secondary N) is 1. The van der Waals surface area contributed by atoms with E-state index in [0.29, 0.717) is 13.0 Å². The molecule has 2 rings (SSSR count). The van der Waals surface area contributed by atoms with Gasteiger partial charge >= 0.3 is 0 Å². The Kier molecular flexibility index (Phi) is 5.14. The summed E-state index contributed by atoms with van der Waals surface area (Å²) in [6, 6.07) is 15.4. The van der Waals surface area contributed by atoms with E-state index in [1.807, 2.05) is 55.5 Å². The van der Waals surface area contributed by atoms with Gasteiger partial charge in [-0.2, -0.15) is 0 Å². The number of hydrogen-bond donors (Lipinski definition) is 2. The fourth-order valence-corrected chi connectivity index (χ4v) is 1.96. The van der Waals surface area contributed by atoms with Gasteiger partial charge in [-0.15, -0.1) is 0 Å². The van der Waals surface area contributed by atoms with Crippen LogP contribution in [-0.4, -0.2) is 12.5 Å². The topological polar surface area (TPSA) is 55.1 Å². The Labute approximate surface area is 125 Å². The van der Waals surface area contributed by atoms with Crippen molar-refractivity contribution in [1.82, 2.24) is 0 Å². The van der Waals surface area contributed by atoms with Crippen molar-refractivity contribution < 1.29 is 4.79 Å². The third kappa shape index (κ3) is 4.48. The molecule has 2 aromatic carbocycles. The van der Waals surface area contributed by atoms with Crippen LogP contribution in [0.4, 0.5) is 5.69 Å². The molecule has 0 saturated carbocycles. The molecule has 0 bridgehead atoms. The maximum absolute atomic E-state index is 12.1. The number of anilines is 1. The molecule has 106 valence electrons. The highest BCUT2D eigenvalue weighted by Crippen LogP contribution is 2.17. The summed E-state index contributed by atoms with van der Waals surface area (Å²) in [5, 5.41) is 2.94. The van der Waals surface area contributed by atoms with Gasteiger partial charge in [0.2, 0.25) is 5.91 Å². The normalized spacial score (nSPS) is 9.62. The average Bonchev–Trinajstić information content (AvgIpc) is 2.49.